The summed E-state index contributed by atoms with van der Waals surface area (Å²) in [4.78, 5) is 46.1. The molecule has 0 spiro atoms. The van der Waals surface area contributed by atoms with Crippen LogP contribution in [0.4, 0.5) is 5.13 Å². The Labute approximate surface area is 225 Å². The van der Waals surface area contributed by atoms with Gasteiger partial charge in [-0.15, -0.1) is 23.1 Å². The second-order valence-corrected chi connectivity index (χ2v) is 10.4. The molecule has 9 nitrogen and oxygen atoms in total. The van der Waals surface area contributed by atoms with Crippen molar-refractivity contribution in [2.75, 3.05) is 30.5 Å². The van der Waals surface area contributed by atoms with Gasteiger partial charge in [0.25, 0.3) is 5.91 Å². The van der Waals surface area contributed by atoms with Crippen LogP contribution in [0.15, 0.2) is 58.9 Å². The maximum absolute atomic E-state index is 12.6. The van der Waals surface area contributed by atoms with Crippen molar-refractivity contribution >= 4 is 67.6 Å². The van der Waals surface area contributed by atoms with E-state index in [9.17, 15) is 14.4 Å². The summed E-state index contributed by atoms with van der Waals surface area (Å²) in [7, 11) is 1.57. The van der Waals surface area contributed by atoms with Gasteiger partial charge in [0.05, 0.1) is 41.1 Å². The van der Waals surface area contributed by atoms with Gasteiger partial charge in [0.2, 0.25) is 5.91 Å². The third kappa shape index (κ3) is 7.06. The number of carbonyl (C=O) groups is 3. The number of hydrogen-bond donors (Lipinski definition) is 1. The van der Waals surface area contributed by atoms with Crippen molar-refractivity contribution in [2.45, 2.75) is 13.5 Å². The van der Waals surface area contributed by atoms with Crippen molar-refractivity contribution < 1.29 is 23.9 Å². The Hall–Kier alpha value is -3.48. The molecule has 2 amide bonds. The topological polar surface area (TPSA) is 112 Å². The molecule has 2 aromatic carbocycles. The van der Waals surface area contributed by atoms with Crippen molar-refractivity contribution in [1.29, 1.82) is 0 Å². The van der Waals surface area contributed by atoms with Gasteiger partial charge in [-0.05, 0) is 25.1 Å². The number of nitrogens with zero attached hydrogens (tertiary/aromatic N) is 3. The summed E-state index contributed by atoms with van der Waals surface area (Å²) >= 11 is 3.78. The third-order valence-electron chi connectivity index (χ3n) is 4.98. The van der Waals surface area contributed by atoms with E-state index in [1.54, 1.807) is 24.7 Å². The van der Waals surface area contributed by atoms with E-state index >= 15 is 0 Å². The molecule has 0 aliphatic carbocycles. The zero-order valence-corrected chi connectivity index (χ0v) is 22.6. The maximum atomic E-state index is 12.6. The van der Waals surface area contributed by atoms with Gasteiger partial charge in [0.1, 0.15) is 12.3 Å². The van der Waals surface area contributed by atoms with Gasteiger partial charge in [0.15, 0.2) is 9.93 Å². The van der Waals surface area contributed by atoms with Crippen LogP contribution in [-0.4, -0.2) is 52.6 Å². The summed E-state index contributed by atoms with van der Waals surface area (Å²) in [5, 5.41) is 5.15. The van der Waals surface area contributed by atoms with Crippen molar-refractivity contribution in [3.63, 3.8) is 0 Å². The molecule has 0 bridgehead atoms. The number of nitrogens with one attached hydrogen (secondary N) is 1. The molecular formula is C25H24N4O5S3. The van der Waals surface area contributed by atoms with E-state index in [2.05, 4.69) is 15.3 Å². The largest absolute Gasteiger partial charge is 0.497 e. The molecule has 4 rings (SSSR count). The second kappa shape index (κ2) is 12.7. The van der Waals surface area contributed by atoms with Gasteiger partial charge in [0, 0.05) is 10.9 Å². The highest BCUT2D eigenvalue weighted by Crippen LogP contribution is 2.25. The van der Waals surface area contributed by atoms with Crippen molar-refractivity contribution in [3.8, 4) is 17.0 Å². The standard InChI is InChI=1S/C25H24N4O5S3/c1-3-34-23(32)12-29-19-10-9-17(33-2)11-20(19)37-25(29)28-22(31)15-35-14-21(30)27-24-26-18(13-36-24)16-7-5-4-6-8-16/h4-11,13H,3,12,14-15H2,1-2H3,(H,26,27,30). The first kappa shape index (κ1) is 26.6. The first-order chi connectivity index (χ1) is 18.0. The number of carbonyl (C=O) groups excluding carboxylic acids is 3. The average Bonchev–Trinajstić information content (AvgIpc) is 3.49. The molecule has 4 aromatic rings. The highest BCUT2D eigenvalue weighted by atomic mass is 32.2. The normalized spacial score (nSPS) is 11.5. The molecule has 0 saturated heterocycles. The van der Waals surface area contributed by atoms with Crippen molar-refractivity contribution in [3.05, 3.63) is 58.7 Å². The minimum Gasteiger partial charge on any atom is -0.497 e. The lowest BCUT2D eigenvalue weighted by atomic mass is 10.2. The first-order valence-electron chi connectivity index (χ1n) is 11.3. The van der Waals surface area contributed by atoms with Gasteiger partial charge in [-0.25, -0.2) is 4.98 Å². The van der Waals surface area contributed by atoms with E-state index < -0.39 is 11.9 Å². The fourth-order valence-corrected chi connectivity index (χ4v) is 5.76. The summed E-state index contributed by atoms with van der Waals surface area (Å²) < 4.78 is 12.8. The number of rotatable bonds is 10. The number of fused-ring (bicyclic) bond motifs is 1. The van der Waals surface area contributed by atoms with Gasteiger partial charge in [-0.1, -0.05) is 41.7 Å². The van der Waals surface area contributed by atoms with Crippen LogP contribution in [0.2, 0.25) is 0 Å². The predicted octanol–water partition coefficient (Wildman–Crippen LogP) is 4.20. The van der Waals surface area contributed by atoms with Crippen LogP contribution in [0, 0.1) is 0 Å². The minimum atomic E-state index is -0.421. The van der Waals surface area contributed by atoms with E-state index in [0.717, 1.165) is 33.2 Å². The van der Waals surface area contributed by atoms with Crippen LogP contribution in [0.1, 0.15) is 6.92 Å². The number of ether oxygens (including phenoxy) is 2. The molecule has 0 aliphatic rings. The summed E-state index contributed by atoms with van der Waals surface area (Å²) in [5.74, 6) is -0.332. The predicted molar refractivity (Wildman–Crippen MR) is 147 cm³/mol. The Bertz CT molecular complexity index is 1480. The lowest BCUT2D eigenvalue weighted by Gasteiger charge is -2.05. The Morgan fingerprint density at radius 2 is 1.95 bits per heavy atom. The monoisotopic (exact) mass is 556 g/mol. The van der Waals surface area contributed by atoms with Crippen molar-refractivity contribution in [1.82, 2.24) is 9.55 Å². The van der Waals surface area contributed by atoms with Crippen LogP contribution < -0.4 is 14.9 Å². The molecule has 12 heteroatoms. The van der Waals surface area contributed by atoms with E-state index in [-0.39, 0.29) is 30.6 Å². The van der Waals surface area contributed by atoms with E-state index in [1.807, 2.05) is 47.8 Å². The van der Waals surface area contributed by atoms with Gasteiger partial charge in [-0.3, -0.25) is 14.4 Å². The number of anilines is 1. The molecule has 192 valence electrons. The Morgan fingerprint density at radius 3 is 2.70 bits per heavy atom. The summed E-state index contributed by atoms with van der Waals surface area (Å²) in [5.41, 5.74) is 2.51. The molecule has 0 atom stereocenters. The van der Waals surface area contributed by atoms with E-state index in [4.69, 9.17) is 9.47 Å². The Morgan fingerprint density at radius 1 is 1.14 bits per heavy atom. The molecule has 0 radical (unpaired) electrons. The first-order valence-corrected chi connectivity index (χ1v) is 14.1. The number of hydrogen-bond acceptors (Lipinski definition) is 9. The molecule has 1 N–H and O–H groups in total. The van der Waals surface area contributed by atoms with E-state index in [1.165, 1.54) is 22.7 Å². The van der Waals surface area contributed by atoms with Crippen LogP contribution in [0.3, 0.4) is 0 Å². The number of methoxy groups -OCH3 is 1. The van der Waals surface area contributed by atoms with Crippen LogP contribution in [0.25, 0.3) is 21.5 Å². The molecule has 37 heavy (non-hydrogen) atoms. The molecule has 2 heterocycles. The van der Waals surface area contributed by atoms with Gasteiger partial charge >= 0.3 is 5.97 Å². The smallest absolute Gasteiger partial charge is 0.326 e. The Balaban J connectivity index is 1.39. The molecule has 0 aliphatic heterocycles. The number of aromatic nitrogens is 2. The minimum absolute atomic E-state index is 0.0114. The summed E-state index contributed by atoms with van der Waals surface area (Å²) in [6.07, 6.45) is 0. The third-order valence-corrected chi connectivity index (χ3v) is 7.70. The maximum Gasteiger partial charge on any atom is 0.326 e. The van der Waals surface area contributed by atoms with Crippen molar-refractivity contribution in [2.24, 2.45) is 4.99 Å². The number of benzene rings is 2. The second-order valence-electron chi connectivity index (χ2n) is 7.56. The molecular weight excluding hydrogens is 532 g/mol. The lowest BCUT2D eigenvalue weighted by Crippen LogP contribution is -2.23. The summed E-state index contributed by atoms with van der Waals surface area (Å²) in [6, 6.07) is 15.1. The van der Waals surface area contributed by atoms with Gasteiger partial charge < -0.3 is 19.4 Å². The molecule has 0 fully saturated rings. The number of esters is 1. The number of thioether (sulfide) groups is 1. The SMILES string of the molecule is CCOC(=O)Cn1c(=NC(=O)CSCC(=O)Nc2nc(-c3ccccc3)cs2)sc2cc(OC)ccc21. The Kier molecular flexibility index (Phi) is 9.09. The van der Waals surface area contributed by atoms with Gasteiger partial charge in [-0.2, -0.15) is 4.99 Å². The van der Waals surface area contributed by atoms with Crippen LogP contribution >= 0.6 is 34.4 Å². The van der Waals surface area contributed by atoms with Crippen LogP contribution in [0.5, 0.6) is 5.75 Å². The summed E-state index contributed by atoms with van der Waals surface area (Å²) in [6.45, 7) is 1.92. The molecule has 0 saturated carbocycles. The fourth-order valence-electron chi connectivity index (χ4n) is 3.35. The highest BCUT2D eigenvalue weighted by molar-refractivity contribution is 8.00. The lowest BCUT2D eigenvalue weighted by molar-refractivity contribution is -0.143. The number of amides is 2. The molecule has 0 unspecified atom stereocenters. The van der Waals surface area contributed by atoms with Crippen LogP contribution in [-0.2, 0) is 25.7 Å². The average molecular weight is 557 g/mol. The van der Waals surface area contributed by atoms with E-state index in [0.29, 0.717) is 15.7 Å². The number of thiazole rings is 2. The highest BCUT2D eigenvalue weighted by Gasteiger charge is 2.14. The zero-order chi connectivity index (χ0) is 26.2. The quantitative estimate of drug-likeness (QED) is 0.292. The fraction of sp³-hybridized carbons (Fsp3) is 0.240. The zero-order valence-electron chi connectivity index (χ0n) is 20.1. The molecule has 2 aromatic heterocycles.